The van der Waals surface area contributed by atoms with Gasteiger partial charge < -0.3 is 10.6 Å². The second-order valence-electron chi connectivity index (χ2n) is 6.28. The molecule has 0 fully saturated rings. The largest absolute Gasteiger partial charge is 0.365 e. The number of aromatic nitrogens is 2. The Balaban J connectivity index is 2.04. The van der Waals surface area contributed by atoms with E-state index in [1.54, 1.807) is 0 Å². The number of hydrogen-bond acceptors (Lipinski definition) is 4. The molecule has 0 unspecified atom stereocenters. The molecular weight excluding hydrogens is 272 g/mol. The van der Waals surface area contributed by atoms with Crippen LogP contribution in [0.5, 0.6) is 0 Å². The van der Waals surface area contributed by atoms with E-state index in [-0.39, 0.29) is 5.54 Å². The van der Waals surface area contributed by atoms with Crippen molar-refractivity contribution in [2.45, 2.75) is 26.3 Å². The van der Waals surface area contributed by atoms with Crippen LogP contribution in [0.4, 0.5) is 17.5 Å². The fourth-order valence-corrected chi connectivity index (χ4v) is 2.23. The van der Waals surface area contributed by atoms with Crippen molar-refractivity contribution in [2.24, 2.45) is 0 Å². The molecule has 0 aliphatic rings. The van der Waals surface area contributed by atoms with Gasteiger partial charge in [-0.2, -0.15) is 4.98 Å². The Kier molecular flexibility index (Phi) is 3.67. The SMILES string of the molecule is CC(C)(C)Nc1nc(Nc2ccccc2)nc2ccccc12. The van der Waals surface area contributed by atoms with Crippen LogP contribution in [0.2, 0.25) is 0 Å². The van der Waals surface area contributed by atoms with Crippen molar-refractivity contribution in [3.63, 3.8) is 0 Å². The maximum atomic E-state index is 4.65. The predicted octanol–water partition coefficient (Wildman–Crippen LogP) is 4.58. The van der Waals surface area contributed by atoms with Gasteiger partial charge in [-0.1, -0.05) is 30.3 Å². The summed E-state index contributed by atoms with van der Waals surface area (Å²) in [6, 6.07) is 18.0. The molecular formula is C18H20N4. The van der Waals surface area contributed by atoms with Gasteiger partial charge in [0.15, 0.2) is 0 Å². The highest BCUT2D eigenvalue weighted by molar-refractivity contribution is 5.90. The summed E-state index contributed by atoms with van der Waals surface area (Å²) in [5.74, 6) is 1.44. The van der Waals surface area contributed by atoms with Crippen LogP contribution in [-0.4, -0.2) is 15.5 Å². The molecule has 4 heteroatoms. The minimum Gasteiger partial charge on any atom is -0.365 e. The molecule has 3 aromatic rings. The zero-order valence-corrected chi connectivity index (χ0v) is 13.1. The van der Waals surface area contributed by atoms with Crippen LogP contribution in [0.3, 0.4) is 0 Å². The highest BCUT2D eigenvalue weighted by Crippen LogP contribution is 2.25. The molecule has 1 heterocycles. The minimum absolute atomic E-state index is 0.0683. The van der Waals surface area contributed by atoms with E-state index in [2.05, 4.69) is 41.4 Å². The third-order valence-corrected chi connectivity index (χ3v) is 3.13. The smallest absolute Gasteiger partial charge is 0.229 e. The van der Waals surface area contributed by atoms with Gasteiger partial charge in [0, 0.05) is 16.6 Å². The Labute approximate surface area is 130 Å². The summed E-state index contributed by atoms with van der Waals surface area (Å²) >= 11 is 0. The standard InChI is InChI=1S/C18H20N4/c1-18(2,3)22-16-14-11-7-8-12-15(14)20-17(21-16)19-13-9-5-4-6-10-13/h4-12H,1-3H3,(H2,19,20,21,22). The summed E-state index contributed by atoms with van der Waals surface area (Å²) in [5, 5.41) is 7.74. The van der Waals surface area contributed by atoms with Crippen LogP contribution >= 0.6 is 0 Å². The van der Waals surface area contributed by atoms with Gasteiger partial charge in [0.1, 0.15) is 5.82 Å². The Morgan fingerprint density at radius 1 is 0.818 bits per heavy atom. The van der Waals surface area contributed by atoms with E-state index < -0.39 is 0 Å². The van der Waals surface area contributed by atoms with Gasteiger partial charge >= 0.3 is 0 Å². The molecule has 0 amide bonds. The highest BCUT2D eigenvalue weighted by Gasteiger charge is 2.14. The zero-order chi connectivity index (χ0) is 15.6. The Bertz CT molecular complexity index is 776. The van der Waals surface area contributed by atoms with E-state index in [1.165, 1.54) is 0 Å². The monoisotopic (exact) mass is 292 g/mol. The normalized spacial score (nSPS) is 11.4. The van der Waals surface area contributed by atoms with Crippen molar-refractivity contribution in [1.82, 2.24) is 9.97 Å². The molecule has 0 radical (unpaired) electrons. The number of benzene rings is 2. The van der Waals surface area contributed by atoms with E-state index in [9.17, 15) is 0 Å². The summed E-state index contributed by atoms with van der Waals surface area (Å²) < 4.78 is 0. The van der Waals surface area contributed by atoms with E-state index in [0.29, 0.717) is 5.95 Å². The number of fused-ring (bicyclic) bond motifs is 1. The first-order chi connectivity index (χ1) is 10.5. The Morgan fingerprint density at radius 2 is 1.50 bits per heavy atom. The maximum Gasteiger partial charge on any atom is 0.229 e. The number of hydrogen-bond donors (Lipinski definition) is 2. The van der Waals surface area contributed by atoms with Crippen LogP contribution in [0, 0.1) is 0 Å². The summed E-state index contributed by atoms with van der Waals surface area (Å²) in [5.41, 5.74) is 1.82. The molecule has 0 spiro atoms. The highest BCUT2D eigenvalue weighted by atomic mass is 15.2. The summed E-state index contributed by atoms with van der Waals surface area (Å²) in [4.78, 5) is 9.25. The molecule has 2 N–H and O–H groups in total. The van der Waals surface area contributed by atoms with Gasteiger partial charge in [-0.05, 0) is 45.0 Å². The Morgan fingerprint density at radius 3 is 2.23 bits per heavy atom. The van der Waals surface area contributed by atoms with Crippen molar-refractivity contribution >= 4 is 28.4 Å². The second kappa shape index (κ2) is 5.64. The zero-order valence-electron chi connectivity index (χ0n) is 13.1. The number of para-hydroxylation sites is 2. The van der Waals surface area contributed by atoms with Crippen LogP contribution < -0.4 is 10.6 Å². The van der Waals surface area contributed by atoms with Crippen molar-refractivity contribution in [3.05, 3.63) is 54.6 Å². The molecule has 0 aliphatic heterocycles. The summed E-state index contributed by atoms with van der Waals surface area (Å²) in [6.45, 7) is 6.36. The van der Waals surface area contributed by atoms with E-state index in [1.807, 2.05) is 54.6 Å². The van der Waals surface area contributed by atoms with Gasteiger partial charge in [0.05, 0.1) is 5.52 Å². The molecule has 0 aliphatic carbocycles. The molecule has 112 valence electrons. The van der Waals surface area contributed by atoms with Gasteiger partial charge in [-0.15, -0.1) is 0 Å². The lowest BCUT2D eigenvalue weighted by atomic mass is 10.1. The van der Waals surface area contributed by atoms with Gasteiger partial charge in [-0.3, -0.25) is 0 Å². The number of nitrogens with zero attached hydrogens (tertiary/aromatic N) is 2. The molecule has 1 aromatic heterocycles. The first kappa shape index (κ1) is 14.3. The van der Waals surface area contributed by atoms with E-state index >= 15 is 0 Å². The van der Waals surface area contributed by atoms with Crippen molar-refractivity contribution < 1.29 is 0 Å². The molecule has 0 bridgehead atoms. The number of rotatable bonds is 3. The van der Waals surface area contributed by atoms with Crippen LogP contribution in [0.25, 0.3) is 10.9 Å². The lowest BCUT2D eigenvalue weighted by molar-refractivity contribution is 0.631. The average molecular weight is 292 g/mol. The minimum atomic E-state index is -0.0683. The van der Waals surface area contributed by atoms with Crippen LogP contribution in [-0.2, 0) is 0 Å². The molecule has 22 heavy (non-hydrogen) atoms. The van der Waals surface area contributed by atoms with E-state index in [0.717, 1.165) is 22.4 Å². The predicted molar refractivity (Wildman–Crippen MR) is 92.6 cm³/mol. The third-order valence-electron chi connectivity index (χ3n) is 3.13. The fourth-order valence-electron chi connectivity index (χ4n) is 2.23. The lowest BCUT2D eigenvalue weighted by Gasteiger charge is -2.22. The first-order valence-electron chi connectivity index (χ1n) is 7.38. The number of nitrogens with one attached hydrogen (secondary N) is 2. The van der Waals surface area contributed by atoms with Crippen LogP contribution in [0.1, 0.15) is 20.8 Å². The second-order valence-corrected chi connectivity index (χ2v) is 6.28. The molecule has 0 atom stereocenters. The molecule has 4 nitrogen and oxygen atoms in total. The van der Waals surface area contributed by atoms with E-state index in [4.69, 9.17) is 0 Å². The van der Waals surface area contributed by atoms with Crippen molar-refractivity contribution in [1.29, 1.82) is 0 Å². The number of anilines is 3. The van der Waals surface area contributed by atoms with Gasteiger partial charge in [0.2, 0.25) is 5.95 Å². The quantitative estimate of drug-likeness (QED) is 0.741. The van der Waals surface area contributed by atoms with Crippen LogP contribution in [0.15, 0.2) is 54.6 Å². The Hall–Kier alpha value is -2.62. The maximum absolute atomic E-state index is 4.65. The summed E-state index contributed by atoms with van der Waals surface area (Å²) in [6.07, 6.45) is 0. The van der Waals surface area contributed by atoms with Gasteiger partial charge in [0.25, 0.3) is 0 Å². The average Bonchev–Trinajstić information content (AvgIpc) is 2.47. The molecule has 3 rings (SSSR count). The molecule has 0 saturated carbocycles. The first-order valence-corrected chi connectivity index (χ1v) is 7.38. The van der Waals surface area contributed by atoms with Crippen molar-refractivity contribution in [2.75, 3.05) is 10.6 Å². The topological polar surface area (TPSA) is 49.8 Å². The third kappa shape index (κ3) is 3.34. The molecule has 2 aromatic carbocycles. The summed E-state index contributed by atoms with van der Waals surface area (Å²) in [7, 11) is 0. The fraction of sp³-hybridized carbons (Fsp3) is 0.222. The van der Waals surface area contributed by atoms with Gasteiger partial charge in [-0.25, -0.2) is 4.98 Å². The lowest BCUT2D eigenvalue weighted by Crippen LogP contribution is -2.27. The molecule has 0 saturated heterocycles. The van der Waals surface area contributed by atoms with Crippen molar-refractivity contribution in [3.8, 4) is 0 Å².